The number of aliphatic imine (C=N–C) groups is 1. The highest BCUT2D eigenvalue weighted by Gasteiger charge is 1.99. The molecule has 22 heavy (non-hydrogen) atoms. The fourth-order valence-corrected chi connectivity index (χ4v) is 2.51. The SMILES string of the molecule is Cc1cccc(OCCSC(N)=Nc2ccc(C)c(C)c2)c1. The summed E-state index contributed by atoms with van der Waals surface area (Å²) in [5.74, 6) is 1.67. The molecule has 0 radical (unpaired) electrons. The van der Waals surface area contributed by atoms with Crippen molar-refractivity contribution < 1.29 is 4.74 Å². The van der Waals surface area contributed by atoms with Crippen molar-refractivity contribution in [1.82, 2.24) is 0 Å². The number of nitrogens with zero attached hydrogens (tertiary/aromatic N) is 1. The van der Waals surface area contributed by atoms with E-state index in [-0.39, 0.29) is 0 Å². The van der Waals surface area contributed by atoms with Crippen molar-refractivity contribution in [3.8, 4) is 5.75 Å². The van der Waals surface area contributed by atoms with Gasteiger partial charge in [0.05, 0.1) is 12.3 Å². The van der Waals surface area contributed by atoms with Gasteiger partial charge in [0, 0.05) is 5.75 Å². The summed E-state index contributed by atoms with van der Waals surface area (Å²) in [5, 5.41) is 0.566. The first-order valence-corrected chi connectivity index (χ1v) is 8.27. The summed E-state index contributed by atoms with van der Waals surface area (Å²) in [6.07, 6.45) is 0. The monoisotopic (exact) mass is 314 g/mol. The molecule has 0 saturated carbocycles. The second-order valence-electron chi connectivity index (χ2n) is 5.23. The summed E-state index contributed by atoms with van der Waals surface area (Å²) in [6.45, 7) is 6.82. The lowest BCUT2D eigenvalue weighted by Gasteiger charge is -2.07. The number of aryl methyl sites for hydroxylation is 3. The molecule has 0 aliphatic rings. The molecular formula is C18H22N2OS. The number of amidine groups is 1. The minimum atomic E-state index is 0.566. The van der Waals surface area contributed by atoms with Crippen LogP contribution >= 0.6 is 11.8 Å². The van der Waals surface area contributed by atoms with E-state index in [1.807, 2.05) is 30.3 Å². The average Bonchev–Trinajstić information content (AvgIpc) is 2.48. The van der Waals surface area contributed by atoms with E-state index in [1.54, 1.807) is 0 Å². The van der Waals surface area contributed by atoms with Crippen molar-refractivity contribution in [3.05, 3.63) is 59.2 Å². The van der Waals surface area contributed by atoms with Crippen molar-refractivity contribution in [3.63, 3.8) is 0 Å². The van der Waals surface area contributed by atoms with Crippen LogP contribution in [0, 0.1) is 20.8 Å². The maximum absolute atomic E-state index is 5.95. The Bertz CT molecular complexity index is 668. The predicted octanol–water partition coefficient (Wildman–Crippen LogP) is 4.37. The zero-order valence-corrected chi connectivity index (χ0v) is 14.1. The highest BCUT2D eigenvalue weighted by atomic mass is 32.2. The van der Waals surface area contributed by atoms with E-state index in [9.17, 15) is 0 Å². The Balaban J connectivity index is 1.81. The van der Waals surface area contributed by atoms with Crippen LogP contribution in [0.25, 0.3) is 0 Å². The van der Waals surface area contributed by atoms with Crippen LogP contribution in [-0.4, -0.2) is 17.5 Å². The molecule has 116 valence electrons. The molecule has 2 aromatic carbocycles. The molecule has 0 atom stereocenters. The summed E-state index contributed by atoms with van der Waals surface area (Å²) in [4.78, 5) is 4.42. The van der Waals surface area contributed by atoms with E-state index < -0.39 is 0 Å². The third-order valence-electron chi connectivity index (χ3n) is 3.32. The molecule has 0 aliphatic heterocycles. The molecule has 0 spiro atoms. The van der Waals surface area contributed by atoms with Crippen molar-refractivity contribution in [1.29, 1.82) is 0 Å². The van der Waals surface area contributed by atoms with Crippen LogP contribution in [-0.2, 0) is 0 Å². The van der Waals surface area contributed by atoms with Crippen LogP contribution < -0.4 is 10.5 Å². The molecule has 2 rings (SSSR count). The van der Waals surface area contributed by atoms with E-state index in [1.165, 1.54) is 28.5 Å². The molecule has 2 aromatic rings. The van der Waals surface area contributed by atoms with E-state index in [0.29, 0.717) is 11.8 Å². The van der Waals surface area contributed by atoms with Crippen molar-refractivity contribution >= 4 is 22.6 Å². The molecule has 4 heteroatoms. The lowest BCUT2D eigenvalue weighted by Crippen LogP contribution is -2.10. The third-order valence-corrected chi connectivity index (χ3v) is 4.08. The highest BCUT2D eigenvalue weighted by Crippen LogP contribution is 2.18. The van der Waals surface area contributed by atoms with Gasteiger partial charge in [-0.1, -0.05) is 30.0 Å². The zero-order valence-electron chi connectivity index (χ0n) is 13.3. The smallest absolute Gasteiger partial charge is 0.159 e. The van der Waals surface area contributed by atoms with Crippen LogP contribution in [0.4, 0.5) is 5.69 Å². The molecule has 0 fully saturated rings. The van der Waals surface area contributed by atoms with Gasteiger partial charge in [0.2, 0.25) is 0 Å². The Morgan fingerprint density at radius 1 is 1.09 bits per heavy atom. The predicted molar refractivity (Wildman–Crippen MR) is 96.3 cm³/mol. The molecule has 0 heterocycles. The van der Waals surface area contributed by atoms with Crippen LogP contribution in [0.15, 0.2) is 47.5 Å². The quantitative estimate of drug-likeness (QED) is 0.506. The largest absolute Gasteiger partial charge is 0.493 e. The molecule has 0 aliphatic carbocycles. The number of hydrogen-bond donors (Lipinski definition) is 1. The second kappa shape index (κ2) is 7.90. The van der Waals surface area contributed by atoms with Gasteiger partial charge in [-0.3, -0.25) is 0 Å². The van der Waals surface area contributed by atoms with E-state index in [4.69, 9.17) is 10.5 Å². The van der Waals surface area contributed by atoms with Gasteiger partial charge in [0.25, 0.3) is 0 Å². The summed E-state index contributed by atoms with van der Waals surface area (Å²) in [5.41, 5.74) is 10.5. The van der Waals surface area contributed by atoms with Gasteiger partial charge in [-0.05, 0) is 61.7 Å². The van der Waals surface area contributed by atoms with Gasteiger partial charge in [0.1, 0.15) is 5.75 Å². The molecule has 0 aromatic heterocycles. The topological polar surface area (TPSA) is 47.6 Å². The van der Waals surface area contributed by atoms with E-state index >= 15 is 0 Å². The maximum atomic E-state index is 5.95. The lowest BCUT2D eigenvalue weighted by atomic mass is 10.1. The number of thioether (sulfide) groups is 1. The molecule has 0 saturated heterocycles. The van der Waals surface area contributed by atoms with Crippen LogP contribution in [0.3, 0.4) is 0 Å². The minimum absolute atomic E-state index is 0.566. The van der Waals surface area contributed by atoms with Gasteiger partial charge in [-0.15, -0.1) is 0 Å². The molecule has 3 nitrogen and oxygen atoms in total. The Morgan fingerprint density at radius 3 is 2.64 bits per heavy atom. The van der Waals surface area contributed by atoms with Gasteiger partial charge in [-0.25, -0.2) is 4.99 Å². The number of rotatable bonds is 5. The average molecular weight is 314 g/mol. The van der Waals surface area contributed by atoms with Gasteiger partial charge in [-0.2, -0.15) is 0 Å². The molecule has 2 N–H and O–H groups in total. The molecule has 0 bridgehead atoms. The molecule has 0 amide bonds. The van der Waals surface area contributed by atoms with Gasteiger partial charge < -0.3 is 10.5 Å². The number of hydrogen-bond acceptors (Lipinski definition) is 3. The fourth-order valence-electron chi connectivity index (χ4n) is 1.97. The third kappa shape index (κ3) is 5.11. The van der Waals surface area contributed by atoms with E-state index in [2.05, 4.69) is 37.9 Å². The Morgan fingerprint density at radius 2 is 1.91 bits per heavy atom. The fraction of sp³-hybridized carbons (Fsp3) is 0.278. The standard InChI is InChI=1S/C18H22N2OS/c1-13-5-4-6-17(11-13)21-9-10-22-18(19)20-16-8-7-14(2)15(3)12-16/h4-8,11-12H,9-10H2,1-3H3,(H2,19,20). The molecular weight excluding hydrogens is 292 g/mol. The van der Waals surface area contributed by atoms with Crippen molar-refractivity contribution in [2.75, 3.05) is 12.4 Å². The van der Waals surface area contributed by atoms with Crippen molar-refractivity contribution in [2.24, 2.45) is 10.7 Å². The van der Waals surface area contributed by atoms with Gasteiger partial charge in [0.15, 0.2) is 5.17 Å². The first kappa shape index (κ1) is 16.4. The van der Waals surface area contributed by atoms with Crippen molar-refractivity contribution in [2.45, 2.75) is 20.8 Å². The summed E-state index contributed by atoms with van der Waals surface area (Å²) in [6, 6.07) is 14.1. The van der Waals surface area contributed by atoms with Gasteiger partial charge >= 0.3 is 0 Å². The first-order valence-electron chi connectivity index (χ1n) is 7.28. The Labute approximate surface area is 136 Å². The summed E-state index contributed by atoms with van der Waals surface area (Å²) < 4.78 is 5.69. The number of benzene rings is 2. The number of ether oxygens (including phenoxy) is 1. The Kier molecular flexibility index (Phi) is 5.90. The summed E-state index contributed by atoms with van der Waals surface area (Å²) in [7, 11) is 0. The second-order valence-corrected chi connectivity index (χ2v) is 6.35. The molecule has 0 unspecified atom stereocenters. The minimum Gasteiger partial charge on any atom is -0.493 e. The lowest BCUT2D eigenvalue weighted by molar-refractivity contribution is 0.344. The summed E-state index contributed by atoms with van der Waals surface area (Å²) >= 11 is 1.51. The van der Waals surface area contributed by atoms with Crippen LogP contribution in [0.2, 0.25) is 0 Å². The maximum Gasteiger partial charge on any atom is 0.159 e. The van der Waals surface area contributed by atoms with Crippen LogP contribution in [0.5, 0.6) is 5.75 Å². The normalized spacial score (nSPS) is 11.5. The number of nitrogens with two attached hydrogens (primary N) is 1. The van der Waals surface area contributed by atoms with Crippen LogP contribution in [0.1, 0.15) is 16.7 Å². The Hall–Kier alpha value is -1.94. The first-order chi connectivity index (χ1) is 10.5. The zero-order chi connectivity index (χ0) is 15.9. The highest BCUT2D eigenvalue weighted by molar-refractivity contribution is 8.13. The van der Waals surface area contributed by atoms with E-state index in [0.717, 1.165) is 17.2 Å².